The van der Waals surface area contributed by atoms with Crippen molar-refractivity contribution < 1.29 is 19.1 Å². The minimum Gasteiger partial charge on any atom is -0.491 e. The Kier molecular flexibility index (Phi) is 9.86. The Morgan fingerprint density at radius 2 is 1.93 bits per heavy atom. The zero-order valence-electron chi connectivity index (χ0n) is 23.8. The number of hydrogen-bond acceptors (Lipinski definition) is 8. The number of methoxy groups -OCH3 is 1. The highest BCUT2D eigenvalue weighted by Crippen LogP contribution is 2.40. The fourth-order valence-electron chi connectivity index (χ4n) is 4.46. The Morgan fingerprint density at radius 1 is 1.10 bits per heavy atom. The number of amides is 1. The van der Waals surface area contributed by atoms with Crippen molar-refractivity contribution in [1.82, 2.24) is 20.7 Å². The first kappa shape index (κ1) is 29.6. The van der Waals surface area contributed by atoms with Crippen molar-refractivity contribution in [3.8, 4) is 23.0 Å². The molecule has 0 unspecified atom stereocenters. The van der Waals surface area contributed by atoms with Crippen molar-refractivity contribution in [2.75, 3.05) is 45.7 Å². The van der Waals surface area contributed by atoms with Crippen LogP contribution >= 0.6 is 11.6 Å². The smallest absolute Gasteiger partial charge is 0.255 e. The van der Waals surface area contributed by atoms with E-state index in [4.69, 9.17) is 25.9 Å². The molecule has 3 N–H and O–H groups in total. The zero-order valence-corrected chi connectivity index (χ0v) is 24.5. The number of carbonyl (C=O) groups is 1. The standard InChI is InChI=1S/C30H38ClN5O4/c1-30(2,3)21-16-25(28(38-5)27(17-21)40-32-4)35-29(37)20-7-8-24(31)26(15-20)39-23-9-11-34-22(18-23)19-36-13-6-10-33-12-14-36/h7-9,11,15-18,32-33H,6,10,12-14,19H2,1-5H3,(H,35,37). The van der Waals surface area contributed by atoms with Gasteiger partial charge in [0.1, 0.15) is 11.5 Å². The lowest BCUT2D eigenvalue weighted by Gasteiger charge is -2.23. The van der Waals surface area contributed by atoms with E-state index < -0.39 is 0 Å². The van der Waals surface area contributed by atoms with Gasteiger partial charge in [-0.25, -0.2) is 0 Å². The van der Waals surface area contributed by atoms with Crippen LogP contribution < -0.4 is 30.4 Å². The third-order valence-corrected chi connectivity index (χ3v) is 6.93. The average Bonchev–Trinajstić information content (AvgIpc) is 3.18. The van der Waals surface area contributed by atoms with Gasteiger partial charge in [-0.1, -0.05) is 32.4 Å². The van der Waals surface area contributed by atoms with E-state index in [2.05, 4.69) is 46.8 Å². The SMILES string of the molecule is CNOc1cc(C(C)(C)C)cc(NC(=O)c2ccc(Cl)c(Oc3ccnc(CN4CCCNCC4)c3)c2)c1OC. The summed E-state index contributed by atoms with van der Waals surface area (Å²) >= 11 is 6.47. The molecule has 1 amide bonds. The number of pyridine rings is 1. The number of nitrogens with one attached hydrogen (secondary N) is 3. The summed E-state index contributed by atoms with van der Waals surface area (Å²) in [6, 6.07) is 12.4. The molecule has 0 spiro atoms. The molecule has 9 nitrogen and oxygen atoms in total. The van der Waals surface area contributed by atoms with Crippen LogP contribution in [0.2, 0.25) is 5.02 Å². The predicted molar refractivity (Wildman–Crippen MR) is 158 cm³/mol. The van der Waals surface area contributed by atoms with Gasteiger partial charge in [0.15, 0.2) is 11.5 Å². The molecule has 2 aromatic carbocycles. The van der Waals surface area contributed by atoms with Crippen LogP contribution in [0.4, 0.5) is 5.69 Å². The van der Waals surface area contributed by atoms with Gasteiger partial charge in [0.05, 0.1) is 23.5 Å². The largest absolute Gasteiger partial charge is 0.491 e. The van der Waals surface area contributed by atoms with Crippen LogP contribution in [-0.2, 0) is 12.0 Å². The van der Waals surface area contributed by atoms with Crippen molar-refractivity contribution in [2.45, 2.75) is 39.2 Å². The van der Waals surface area contributed by atoms with Crippen molar-refractivity contribution in [3.63, 3.8) is 0 Å². The highest BCUT2D eigenvalue weighted by atomic mass is 35.5. The van der Waals surface area contributed by atoms with Gasteiger partial charge in [-0.2, -0.15) is 5.48 Å². The number of halogens is 1. The summed E-state index contributed by atoms with van der Waals surface area (Å²) in [7, 11) is 3.19. The van der Waals surface area contributed by atoms with Crippen LogP contribution in [0.3, 0.4) is 0 Å². The summed E-state index contributed by atoms with van der Waals surface area (Å²) in [5.41, 5.74) is 5.25. The van der Waals surface area contributed by atoms with Gasteiger partial charge in [-0.3, -0.25) is 14.7 Å². The maximum absolute atomic E-state index is 13.4. The number of benzene rings is 2. The molecule has 40 heavy (non-hydrogen) atoms. The van der Waals surface area contributed by atoms with E-state index >= 15 is 0 Å². The molecule has 3 aromatic rings. The number of hydrogen-bond donors (Lipinski definition) is 3. The minimum absolute atomic E-state index is 0.188. The Bertz CT molecular complexity index is 1320. The number of anilines is 1. The summed E-state index contributed by atoms with van der Waals surface area (Å²) in [4.78, 5) is 25.9. The summed E-state index contributed by atoms with van der Waals surface area (Å²) < 4.78 is 11.7. The number of carbonyl (C=O) groups excluding carboxylic acids is 1. The zero-order chi connectivity index (χ0) is 28.7. The van der Waals surface area contributed by atoms with E-state index in [1.54, 1.807) is 37.5 Å². The summed E-state index contributed by atoms with van der Waals surface area (Å²) in [6.07, 6.45) is 2.83. The van der Waals surface area contributed by atoms with Gasteiger partial charge in [0, 0.05) is 44.5 Å². The van der Waals surface area contributed by atoms with E-state index in [-0.39, 0.29) is 11.3 Å². The van der Waals surface area contributed by atoms with E-state index in [1.165, 1.54) is 7.11 Å². The average molecular weight is 568 g/mol. The quantitative estimate of drug-likeness (QED) is 0.296. The van der Waals surface area contributed by atoms with Gasteiger partial charge in [0.25, 0.3) is 5.91 Å². The molecule has 214 valence electrons. The molecule has 0 saturated carbocycles. The monoisotopic (exact) mass is 567 g/mol. The second-order valence-electron chi connectivity index (χ2n) is 10.7. The van der Waals surface area contributed by atoms with Crippen LogP contribution in [-0.4, -0.2) is 56.1 Å². The Morgan fingerprint density at radius 3 is 2.67 bits per heavy atom. The molecule has 0 atom stereocenters. The summed E-state index contributed by atoms with van der Waals surface area (Å²) in [5.74, 6) is 1.51. The Labute approximate surface area is 241 Å². The third-order valence-electron chi connectivity index (χ3n) is 6.61. The molecular formula is C30H38ClN5O4. The molecule has 2 heterocycles. The van der Waals surface area contributed by atoms with Crippen LogP contribution in [0.25, 0.3) is 0 Å². The third kappa shape index (κ3) is 7.63. The summed E-state index contributed by atoms with van der Waals surface area (Å²) in [5, 5.41) is 6.78. The number of rotatable bonds is 9. The first-order chi connectivity index (χ1) is 19.2. The maximum atomic E-state index is 13.4. The summed E-state index contributed by atoms with van der Waals surface area (Å²) in [6.45, 7) is 11.0. The normalized spacial score (nSPS) is 14.3. The van der Waals surface area contributed by atoms with Crippen LogP contribution in [0.15, 0.2) is 48.7 Å². The van der Waals surface area contributed by atoms with Crippen molar-refractivity contribution in [2.24, 2.45) is 0 Å². The second kappa shape index (κ2) is 13.3. The van der Waals surface area contributed by atoms with Crippen LogP contribution in [0.5, 0.6) is 23.0 Å². The lowest BCUT2D eigenvalue weighted by molar-refractivity contribution is 0.102. The molecule has 1 aromatic heterocycles. The number of ether oxygens (including phenoxy) is 2. The maximum Gasteiger partial charge on any atom is 0.255 e. The molecule has 1 fully saturated rings. The highest BCUT2D eigenvalue weighted by Gasteiger charge is 2.22. The second-order valence-corrected chi connectivity index (χ2v) is 11.1. The lowest BCUT2D eigenvalue weighted by Crippen LogP contribution is -2.27. The molecule has 10 heteroatoms. The molecule has 1 saturated heterocycles. The fourth-order valence-corrected chi connectivity index (χ4v) is 4.62. The van der Waals surface area contributed by atoms with Gasteiger partial charge in [-0.05, 0) is 66.9 Å². The van der Waals surface area contributed by atoms with Crippen LogP contribution in [0, 0.1) is 0 Å². The fraction of sp³-hybridized carbons (Fsp3) is 0.400. The first-order valence-electron chi connectivity index (χ1n) is 13.4. The van der Waals surface area contributed by atoms with Crippen molar-refractivity contribution >= 4 is 23.2 Å². The minimum atomic E-state index is -0.341. The topological polar surface area (TPSA) is 97.0 Å². The van der Waals surface area contributed by atoms with Gasteiger partial charge >= 0.3 is 0 Å². The molecule has 0 bridgehead atoms. The van der Waals surface area contributed by atoms with E-state index in [9.17, 15) is 4.79 Å². The van der Waals surface area contributed by atoms with Crippen LogP contribution in [0.1, 0.15) is 48.8 Å². The Hall–Kier alpha value is -3.37. The first-order valence-corrected chi connectivity index (χ1v) is 13.8. The molecule has 1 aliphatic heterocycles. The van der Waals surface area contributed by atoms with E-state index in [0.29, 0.717) is 39.3 Å². The molecule has 0 aliphatic carbocycles. The van der Waals surface area contributed by atoms with Crippen molar-refractivity contribution in [3.05, 3.63) is 70.5 Å². The van der Waals surface area contributed by atoms with Gasteiger partial charge < -0.3 is 24.9 Å². The predicted octanol–water partition coefficient (Wildman–Crippen LogP) is 5.39. The van der Waals surface area contributed by atoms with E-state index in [1.807, 2.05) is 18.2 Å². The molecule has 0 radical (unpaired) electrons. The van der Waals surface area contributed by atoms with Crippen molar-refractivity contribution in [1.29, 1.82) is 0 Å². The van der Waals surface area contributed by atoms with Gasteiger partial charge in [0.2, 0.25) is 0 Å². The number of aromatic nitrogens is 1. The number of nitrogens with zero attached hydrogens (tertiary/aromatic N) is 2. The van der Waals surface area contributed by atoms with Gasteiger partial charge in [-0.15, -0.1) is 0 Å². The highest BCUT2D eigenvalue weighted by molar-refractivity contribution is 6.32. The lowest BCUT2D eigenvalue weighted by atomic mass is 9.86. The van der Waals surface area contributed by atoms with E-state index in [0.717, 1.165) is 50.4 Å². The Balaban J connectivity index is 1.54. The number of hydroxylamine groups is 1. The molecule has 4 rings (SSSR count). The molecule has 1 aliphatic rings. The molecular weight excluding hydrogens is 530 g/mol.